The first-order valence-electron chi connectivity index (χ1n) is 9.84. The van der Waals surface area contributed by atoms with Gasteiger partial charge < -0.3 is 14.0 Å². The van der Waals surface area contributed by atoms with Gasteiger partial charge in [0.15, 0.2) is 0 Å². The number of aromatic nitrogens is 2. The predicted octanol–water partition coefficient (Wildman–Crippen LogP) is -0.188. The van der Waals surface area contributed by atoms with Crippen LogP contribution in [-0.2, 0) is 16.1 Å². The number of hydrogen-bond donors (Lipinski definition) is 2. The minimum atomic E-state index is -0.217. The van der Waals surface area contributed by atoms with Gasteiger partial charge in [0, 0.05) is 25.1 Å². The highest BCUT2D eigenvalue weighted by molar-refractivity contribution is 5.75. The van der Waals surface area contributed by atoms with Crippen molar-refractivity contribution in [3.05, 3.63) is 45.1 Å². The van der Waals surface area contributed by atoms with Gasteiger partial charge in [0.1, 0.15) is 11.1 Å². The molecule has 9 heteroatoms. The average molecular weight is 399 g/mol. The summed E-state index contributed by atoms with van der Waals surface area (Å²) in [6.45, 7) is 7.63. The van der Waals surface area contributed by atoms with E-state index in [-0.39, 0.29) is 11.5 Å². The largest absolute Gasteiger partial charge is 0.494 e. The van der Waals surface area contributed by atoms with Crippen LogP contribution in [0.25, 0.3) is 6.58 Å². The van der Waals surface area contributed by atoms with Crippen LogP contribution in [0.1, 0.15) is 24.8 Å². The molecule has 0 unspecified atom stereocenters. The van der Waals surface area contributed by atoms with Crippen LogP contribution in [0.15, 0.2) is 28.0 Å². The topological polar surface area (TPSA) is 101 Å². The number of H-pyrrole nitrogens is 1. The lowest BCUT2D eigenvalue weighted by molar-refractivity contribution is -0.128. The highest BCUT2D eigenvalue weighted by atomic mass is 16.5. The lowest BCUT2D eigenvalue weighted by Gasteiger charge is -2.26. The summed E-state index contributed by atoms with van der Waals surface area (Å²) in [5.74, 6) is 0.785. The Balaban J connectivity index is 1.23. The normalized spacial score (nSPS) is 15.9. The highest BCUT2D eigenvalue weighted by Gasteiger charge is 2.14. The Labute approximate surface area is 167 Å². The number of rotatable bonds is 7. The number of nitrogens with one attached hydrogen (secondary N) is 2. The zero-order valence-corrected chi connectivity index (χ0v) is 16.3. The first-order chi connectivity index (χ1) is 14.1. The second-order valence-corrected chi connectivity index (χ2v) is 7.15. The molecule has 0 radical (unpaired) electrons. The zero-order chi connectivity index (χ0) is 20.2. The molecule has 0 atom stereocenters. The van der Waals surface area contributed by atoms with E-state index in [0.717, 1.165) is 42.9 Å². The maximum absolute atomic E-state index is 12.0. The van der Waals surface area contributed by atoms with Crippen molar-refractivity contribution >= 4 is 18.2 Å². The van der Waals surface area contributed by atoms with Crippen LogP contribution in [0.3, 0.4) is 0 Å². The third-order valence-electron chi connectivity index (χ3n) is 5.04. The van der Waals surface area contributed by atoms with Crippen LogP contribution >= 0.6 is 0 Å². The Morgan fingerprint density at radius 1 is 1.31 bits per heavy atom. The van der Waals surface area contributed by atoms with Crippen molar-refractivity contribution < 1.29 is 14.3 Å². The van der Waals surface area contributed by atoms with Crippen LogP contribution in [0, 0.1) is 0 Å². The van der Waals surface area contributed by atoms with E-state index < -0.39 is 0 Å². The Morgan fingerprint density at radius 2 is 2.14 bits per heavy atom. The second-order valence-electron chi connectivity index (χ2n) is 7.15. The number of hydrazine groups is 1. The fourth-order valence-corrected chi connectivity index (χ4v) is 3.41. The summed E-state index contributed by atoms with van der Waals surface area (Å²) in [5.41, 5.74) is 5.01. The highest BCUT2D eigenvalue weighted by Crippen LogP contribution is 2.26. The number of imidazole rings is 1. The van der Waals surface area contributed by atoms with Crippen molar-refractivity contribution in [2.75, 3.05) is 32.9 Å². The summed E-state index contributed by atoms with van der Waals surface area (Å²) in [6.07, 6.45) is 2.02. The minimum absolute atomic E-state index is 0.0309. The number of hydrogen-bond acceptors (Lipinski definition) is 6. The van der Waals surface area contributed by atoms with E-state index in [1.165, 1.54) is 0 Å². The third-order valence-corrected chi connectivity index (χ3v) is 5.04. The number of fused-ring (bicyclic) bond motifs is 2. The van der Waals surface area contributed by atoms with Gasteiger partial charge in [0.25, 0.3) is 5.56 Å². The maximum Gasteiger partial charge on any atom is 0.274 e. The molecule has 1 aromatic heterocycles. The van der Waals surface area contributed by atoms with Crippen molar-refractivity contribution in [3.63, 3.8) is 0 Å². The van der Waals surface area contributed by atoms with Gasteiger partial charge in [-0.25, -0.2) is 10.0 Å². The molecule has 1 amide bonds. The SMILES string of the molecule is C=c1c(=O)[nH]c2n1Cc1cc(OCCCCC(=O)NN3CCOCC3)ccc1N=2. The van der Waals surface area contributed by atoms with Gasteiger partial charge in [0.05, 0.1) is 32.1 Å². The van der Waals surface area contributed by atoms with Crippen LogP contribution in [0.5, 0.6) is 5.75 Å². The van der Waals surface area contributed by atoms with E-state index in [9.17, 15) is 9.59 Å². The van der Waals surface area contributed by atoms with Crippen LogP contribution in [0.4, 0.5) is 5.69 Å². The summed E-state index contributed by atoms with van der Waals surface area (Å²) in [5, 5.41) is 2.30. The molecule has 0 bridgehead atoms. The number of morpholine rings is 1. The number of carbonyl (C=O) groups is 1. The number of benzene rings is 1. The van der Waals surface area contributed by atoms with Crippen molar-refractivity contribution in [3.8, 4) is 5.75 Å². The van der Waals surface area contributed by atoms with Crippen molar-refractivity contribution in [2.24, 2.45) is 4.99 Å². The average Bonchev–Trinajstić information content (AvgIpc) is 3.00. The van der Waals surface area contributed by atoms with E-state index in [1.807, 2.05) is 23.2 Å². The Morgan fingerprint density at radius 3 is 2.97 bits per heavy atom. The number of aromatic amines is 1. The van der Waals surface area contributed by atoms with Gasteiger partial charge in [0.2, 0.25) is 11.5 Å². The van der Waals surface area contributed by atoms with Crippen molar-refractivity contribution in [1.82, 2.24) is 20.0 Å². The first-order valence-corrected chi connectivity index (χ1v) is 9.84. The smallest absolute Gasteiger partial charge is 0.274 e. The standard InChI is InChI=1S/C20H25N5O4/c1-14-19(27)22-20-21-17-6-5-16(12-15(17)13-25(14)20)29-9-3-2-4-18(26)23-24-7-10-28-11-8-24/h5-6,12H,1-4,7-11,13H2,(H,23,26)(H,21,22,27). The molecule has 2 aliphatic rings. The number of nitrogens with zero attached hydrogens (tertiary/aromatic N) is 3. The molecule has 1 aromatic carbocycles. The van der Waals surface area contributed by atoms with Gasteiger partial charge in [-0.1, -0.05) is 6.58 Å². The van der Waals surface area contributed by atoms with Crippen LogP contribution < -0.4 is 26.7 Å². The molecular formula is C20H25N5O4. The Bertz CT molecular complexity index is 1050. The quantitative estimate of drug-likeness (QED) is 0.537. The van der Waals surface area contributed by atoms with Gasteiger partial charge in [-0.3, -0.25) is 20.0 Å². The molecule has 0 saturated carbocycles. The zero-order valence-electron chi connectivity index (χ0n) is 16.3. The lowest BCUT2D eigenvalue weighted by Crippen LogP contribution is -2.48. The van der Waals surface area contributed by atoms with E-state index in [2.05, 4.69) is 22.0 Å². The van der Waals surface area contributed by atoms with Gasteiger partial charge >= 0.3 is 0 Å². The van der Waals surface area contributed by atoms with Crippen LogP contribution in [0.2, 0.25) is 0 Å². The van der Waals surface area contributed by atoms with Gasteiger partial charge in [-0.2, -0.15) is 0 Å². The molecule has 3 heterocycles. The molecule has 154 valence electrons. The second kappa shape index (κ2) is 8.62. The lowest BCUT2D eigenvalue weighted by atomic mass is 10.1. The van der Waals surface area contributed by atoms with Crippen LogP contribution in [-0.4, -0.2) is 53.4 Å². The van der Waals surface area contributed by atoms with Crippen molar-refractivity contribution in [2.45, 2.75) is 25.8 Å². The molecule has 29 heavy (non-hydrogen) atoms. The molecule has 2 aliphatic heterocycles. The van der Waals surface area contributed by atoms with E-state index in [0.29, 0.717) is 43.8 Å². The summed E-state index contributed by atoms with van der Waals surface area (Å²) in [7, 11) is 0. The fourth-order valence-electron chi connectivity index (χ4n) is 3.41. The molecule has 4 rings (SSSR count). The number of carbonyl (C=O) groups excluding carboxylic acids is 1. The number of amides is 1. The first kappa shape index (κ1) is 19.4. The van der Waals surface area contributed by atoms with E-state index in [1.54, 1.807) is 4.57 Å². The van der Waals surface area contributed by atoms with E-state index in [4.69, 9.17) is 9.47 Å². The minimum Gasteiger partial charge on any atom is -0.494 e. The maximum atomic E-state index is 12.0. The van der Waals surface area contributed by atoms with Gasteiger partial charge in [-0.05, 0) is 31.0 Å². The molecule has 2 N–H and O–H groups in total. The van der Waals surface area contributed by atoms with Gasteiger partial charge in [-0.15, -0.1) is 0 Å². The summed E-state index contributed by atoms with van der Waals surface area (Å²) < 4.78 is 12.9. The fraction of sp³-hybridized carbons (Fsp3) is 0.450. The number of ether oxygens (including phenoxy) is 2. The Kier molecular flexibility index (Phi) is 5.77. The number of unbranched alkanes of at least 4 members (excludes halogenated alkanes) is 1. The summed E-state index contributed by atoms with van der Waals surface area (Å²) in [4.78, 5) is 30.9. The summed E-state index contributed by atoms with van der Waals surface area (Å²) >= 11 is 0. The molecule has 2 aromatic rings. The predicted molar refractivity (Wildman–Crippen MR) is 106 cm³/mol. The van der Waals surface area contributed by atoms with E-state index >= 15 is 0 Å². The molecule has 0 spiro atoms. The summed E-state index contributed by atoms with van der Waals surface area (Å²) in [6, 6.07) is 5.70. The third kappa shape index (κ3) is 4.57. The van der Waals surface area contributed by atoms with Crippen molar-refractivity contribution in [1.29, 1.82) is 0 Å². The molecule has 1 fully saturated rings. The Hall–Kier alpha value is -2.91. The molecule has 9 nitrogen and oxygen atoms in total. The molecular weight excluding hydrogens is 374 g/mol. The molecule has 1 saturated heterocycles. The molecule has 0 aliphatic carbocycles. The monoisotopic (exact) mass is 399 g/mol.